The summed E-state index contributed by atoms with van der Waals surface area (Å²) in [6, 6.07) is 5.04. The Morgan fingerprint density at radius 3 is 2.72 bits per heavy atom. The van der Waals surface area contributed by atoms with Crippen LogP contribution in [0.4, 0.5) is 11.4 Å². The van der Waals surface area contributed by atoms with Gasteiger partial charge < -0.3 is 10.1 Å². The fourth-order valence-corrected chi connectivity index (χ4v) is 1.58. The molecule has 0 aliphatic rings. The number of anilines is 1. The third-order valence-electron chi connectivity index (χ3n) is 2.34. The first kappa shape index (κ1) is 14.4. The predicted molar refractivity (Wildman–Crippen MR) is 71.8 cm³/mol. The van der Waals surface area contributed by atoms with Gasteiger partial charge in [-0.3, -0.25) is 10.1 Å². The number of nitrogens with zero attached hydrogens (tertiary/aromatic N) is 1. The van der Waals surface area contributed by atoms with Crippen LogP contribution in [0.25, 0.3) is 0 Å². The van der Waals surface area contributed by atoms with Gasteiger partial charge in [-0.1, -0.05) is 13.8 Å². The first-order valence-electron chi connectivity index (χ1n) is 6.13. The van der Waals surface area contributed by atoms with Crippen LogP contribution in [0, 0.1) is 16.0 Å². The van der Waals surface area contributed by atoms with Crippen molar-refractivity contribution in [1.29, 1.82) is 0 Å². The van der Waals surface area contributed by atoms with Crippen molar-refractivity contribution in [2.24, 2.45) is 5.92 Å². The van der Waals surface area contributed by atoms with Crippen molar-refractivity contribution in [2.75, 3.05) is 18.5 Å². The molecule has 0 spiro atoms. The van der Waals surface area contributed by atoms with E-state index in [1.165, 1.54) is 6.07 Å². The topological polar surface area (TPSA) is 64.4 Å². The predicted octanol–water partition coefficient (Wildman–Crippen LogP) is 3.20. The minimum Gasteiger partial charge on any atom is -0.380 e. The maximum absolute atomic E-state index is 10.8. The third-order valence-corrected chi connectivity index (χ3v) is 2.34. The van der Waals surface area contributed by atoms with Gasteiger partial charge in [0.2, 0.25) is 0 Å². The summed E-state index contributed by atoms with van der Waals surface area (Å²) < 4.78 is 5.52. The molecule has 1 aromatic carbocycles. The fraction of sp³-hybridized carbons (Fsp3) is 0.538. The number of nitrogens with one attached hydrogen (secondary N) is 1. The Hall–Kier alpha value is -1.62. The number of hydrogen-bond acceptors (Lipinski definition) is 4. The average molecular weight is 252 g/mol. The molecule has 0 radical (unpaired) electrons. The molecule has 1 N–H and O–H groups in total. The molecule has 0 aliphatic heterocycles. The molecule has 5 nitrogen and oxygen atoms in total. The second kappa shape index (κ2) is 6.96. The number of benzene rings is 1. The number of nitro benzene ring substituents is 1. The first-order chi connectivity index (χ1) is 8.54. The van der Waals surface area contributed by atoms with E-state index in [2.05, 4.69) is 19.2 Å². The van der Waals surface area contributed by atoms with Crippen molar-refractivity contribution < 1.29 is 9.66 Å². The minimum atomic E-state index is -0.378. The van der Waals surface area contributed by atoms with Gasteiger partial charge in [-0.2, -0.15) is 0 Å². The summed E-state index contributed by atoms with van der Waals surface area (Å²) in [7, 11) is 0. The Morgan fingerprint density at radius 2 is 2.17 bits per heavy atom. The quantitative estimate of drug-likeness (QED) is 0.598. The Balaban J connectivity index is 2.76. The van der Waals surface area contributed by atoms with Gasteiger partial charge in [-0.25, -0.2) is 0 Å². The van der Waals surface area contributed by atoms with Crippen molar-refractivity contribution in [3.63, 3.8) is 0 Å². The number of hydrogen-bond donors (Lipinski definition) is 1. The average Bonchev–Trinajstić information content (AvgIpc) is 2.29. The van der Waals surface area contributed by atoms with Crippen LogP contribution in [-0.4, -0.2) is 18.1 Å². The van der Waals surface area contributed by atoms with Crippen LogP contribution in [-0.2, 0) is 11.3 Å². The smallest absolute Gasteiger partial charge is 0.292 e. The van der Waals surface area contributed by atoms with Gasteiger partial charge in [-0.15, -0.1) is 0 Å². The zero-order chi connectivity index (χ0) is 13.5. The zero-order valence-corrected chi connectivity index (χ0v) is 11.1. The highest BCUT2D eigenvalue weighted by molar-refractivity contribution is 5.62. The van der Waals surface area contributed by atoms with Gasteiger partial charge in [0, 0.05) is 19.2 Å². The van der Waals surface area contributed by atoms with Gasteiger partial charge >= 0.3 is 0 Å². The van der Waals surface area contributed by atoms with E-state index in [0.29, 0.717) is 31.4 Å². The Morgan fingerprint density at radius 1 is 1.44 bits per heavy atom. The van der Waals surface area contributed by atoms with Crippen molar-refractivity contribution in [2.45, 2.75) is 27.4 Å². The van der Waals surface area contributed by atoms with Crippen molar-refractivity contribution >= 4 is 11.4 Å². The lowest BCUT2D eigenvalue weighted by molar-refractivity contribution is -0.384. The van der Waals surface area contributed by atoms with E-state index in [1.807, 2.05) is 6.92 Å². The summed E-state index contributed by atoms with van der Waals surface area (Å²) in [6.07, 6.45) is 0. The van der Waals surface area contributed by atoms with Crippen LogP contribution >= 0.6 is 0 Å². The second-order valence-electron chi connectivity index (χ2n) is 4.55. The van der Waals surface area contributed by atoms with Crippen molar-refractivity contribution in [1.82, 2.24) is 0 Å². The standard InChI is InChI=1S/C13H20N2O3/c1-4-14-12-7-11(9-18-8-10(2)3)5-6-13(12)15(16)17/h5-7,10,14H,4,8-9H2,1-3H3. The van der Waals surface area contributed by atoms with E-state index in [1.54, 1.807) is 12.1 Å². The molecule has 5 heteroatoms. The summed E-state index contributed by atoms with van der Waals surface area (Å²) in [4.78, 5) is 10.5. The van der Waals surface area contributed by atoms with Crippen LogP contribution < -0.4 is 5.32 Å². The molecule has 0 saturated heterocycles. The molecule has 0 heterocycles. The fourth-order valence-electron chi connectivity index (χ4n) is 1.58. The molecule has 1 aromatic rings. The van der Waals surface area contributed by atoms with E-state index < -0.39 is 0 Å². The van der Waals surface area contributed by atoms with Crippen molar-refractivity contribution in [3.05, 3.63) is 33.9 Å². The molecule has 0 fully saturated rings. The van der Waals surface area contributed by atoms with E-state index in [-0.39, 0.29) is 10.6 Å². The summed E-state index contributed by atoms with van der Waals surface area (Å²) in [5, 5.41) is 13.8. The molecule has 0 unspecified atom stereocenters. The lowest BCUT2D eigenvalue weighted by Gasteiger charge is -2.09. The van der Waals surface area contributed by atoms with Crippen LogP contribution in [0.15, 0.2) is 18.2 Å². The van der Waals surface area contributed by atoms with Gasteiger partial charge in [0.05, 0.1) is 11.5 Å². The van der Waals surface area contributed by atoms with Gasteiger partial charge in [-0.05, 0) is 30.5 Å². The largest absolute Gasteiger partial charge is 0.380 e. The van der Waals surface area contributed by atoms with Crippen LogP contribution in [0.2, 0.25) is 0 Å². The molecule has 0 bridgehead atoms. The Bertz CT molecular complexity index is 405. The summed E-state index contributed by atoms with van der Waals surface area (Å²) >= 11 is 0. The highest BCUT2D eigenvalue weighted by Crippen LogP contribution is 2.25. The molecule has 0 amide bonds. The van der Waals surface area contributed by atoms with Crippen molar-refractivity contribution in [3.8, 4) is 0 Å². The highest BCUT2D eigenvalue weighted by atomic mass is 16.6. The first-order valence-corrected chi connectivity index (χ1v) is 6.13. The maximum atomic E-state index is 10.8. The molecule has 0 atom stereocenters. The highest BCUT2D eigenvalue weighted by Gasteiger charge is 2.13. The second-order valence-corrected chi connectivity index (χ2v) is 4.55. The van der Waals surface area contributed by atoms with Gasteiger partial charge in [0.25, 0.3) is 5.69 Å². The van der Waals surface area contributed by atoms with E-state index in [0.717, 1.165) is 5.56 Å². The SMILES string of the molecule is CCNc1cc(COCC(C)C)ccc1[N+](=O)[O-]. The number of nitro groups is 1. The Labute approximate surface area is 107 Å². The van der Waals surface area contributed by atoms with E-state index >= 15 is 0 Å². The zero-order valence-electron chi connectivity index (χ0n) is 11.1. The maximum Gasteiger partial charge on any atom is 0.292 e. The summed E-state index contributed by atoms with van der Waals surface area (Å²) in [6.45, 7) is 7.89. The summed E-state index contributed by atoms with van der Waals surface area (Å²) in [5.74, 6) is 0.483. The third kappa shape index (κ3) is 4.33. The van der Waals surface area contributed by atoms with Crippen LogP contribution in [0.3, 0.4) is 0 Å². The molecule has 0 aromatic heterocycles. The molecule has 100 valence electrons. The molecule has 18 heavy (non-hydrogen) atoms. The molecule has 0 saturated carbocycles. The minimum absolute atomic E-state index is 0.101. The lowest BCUT2D eigenvalue weighted by atomic mass is 10.1. The molecule has 0 aliphatic carbocycles. The van der Waals surface area contributed by atoms with E-state index in [4.69, 9.17) is 4.74 Å². The molecule has 1 rings (SSSR count). The molecular formula is C13H20N2O3. The van der Waals surface area contributed by atoms with E-state index in [9.17, 15) is 10.1 Å². The van der Waals surface area contributed by atoms with Crippen LogP contribution in [0.5, 0.6) is 0 Å². The normalized spacial score (nSPS) is 10.7. The number of rotatable bonds is 7. The summed E-state index contributed by atoms with van der Waals surface area (Å²) in [5.41, 5.74) is 1.59. The van der Waals surface area contributed by atoms with Gasteiger partial charge in [0.15, 0.2) is 0 Å². The molecular weight excluding hydrogens is 232 g/mol. The monoisotopic (exact) mass is 252 g/mol. The Kier molecular flexibility index (Phi) is 5.58. The lowest BCUT2D eigenvalue weighted by Crippen LogP contribution is -2.04. The number of ether oxygens (including phenoxy) is 1. The van der Waals surface area contributed by atoms with Gasteiger partial charge in [0.1, 0.15) is 5.69 Å². The van der Waals surface area contributed by atoms with Crippen LogP contribution in [0.1, 0.15) is 26.3 Å².